The van der Waals surface area contributed by atoms with Crippen LogP contribution < -0.4 is 5.73 Å². The highest BCUT2D eigenvalue weighted by atomic mass is 32.2. The van der Waals surface area contributed by atoms with Gasteiger partial charge in [-0.1, -0.05) is 0 Å². The zero-order chi connectivity index (χ0) is 14.6. The molecule has 0 aliphatic carbocycles. The quantitative estimate of drug-likeness (QED) is 0.783. The molecule has 1 aromatic heterocycles. The molecule has 114 valence electrons. The minimum atomic E-state index is -3.43. The predicted octanol–water partition coefficient (Wildman–Crippen LogP) is -0.237. The van der Waals surface area contributed by atoms with Crippen LogP contribution in [0.4, 0.5) is 0 Å². The molecule has 2 heterocycles. The van der Waals surface area contributed by atoms with Crippen LogP contribution in [0.3, 0.4) is 0 Å². The van der Waals surface area contributed by atoms with Gasteiger partial charge in [0.1, 0.15) is 4.90 Å². The van der Waals surface area contributed by atoms with E-state index in [4.69, 9.17) is 5.73 Å². The summed E-state index contributed by atoms with van der Waals surface area (Å²) in [5.74, 6) is 0. The third-order valence-corrected chi connectivity index (χ3v) is 5.64. The SMILES string of the molecule is Cc1[nH]ncc1S(=O)(=O)N1CCCN(CCCN)CC1. The fraction of sp³-hybridized carbons (Fsp3) is 0.750. The number of rotatable bonds is 5. The van der Waals surface area contributed by atoms with Crippen LogP contribution in [0.15, 0.2) is 11.1 Å². The van der Waals surface area contributed by atoms with Gasteiger partial charge in [-0.05, 0) is 39.4 Å². The molecule has 0 atom stereocenters. The average molecular weight is 301 g/mol. The number of nitrogens with zero attached hydrogens (tertiary/aromatic N) is 3. The molecular weight excluding hydrogens is 278 g/mol. The molecule has 1 aromatic rings. The molecule has 0 amide bonds. The van der Waals surface area contributed by atoms with Gasteiger partial charge in [-0.15, -0.1) is 0 Å². The summed E-state index contributed by atoms with van der Waals surface area (Å²) in [6.45, 7) is 6.11. The van der Waals surface area contributed by atoms with E-state index in [1.54, 1.807) is 11.2 Å². The number of aromatic nitrogens is 2. The normalized spacial score (nSPS) is 19.1. The highest BCUT2D eigenvalue weighted by Gasteiger charge is 2.28. The van der Waals surface area contributed by atoms with Crippen molar-refractivity contribution in [2.75, 3.05) is 39.3 Å². The minimum absolute atomic E-state index is 0.285. The lowest BCUT2D eigenvalue weighted by molar-refractivity contribution is 0.284. The van der Waals surface area contributed by atoms with E-state index in [2.05, 4.69) is 15.1 Å². The number of nitrogens with one attached hydrogen (secondary N) is 1. The van der Waals surface area contributed by atoms with Crippen molar-refractivity contribution in [3.8, 4) is 0 Å². The number of aryl methyl sites for hydroxylation is 1. The lowest BCUT2D eigenvalue weighted by Gasteiger charge is -2.21. The van der Waals surface area contributed by atoms with E-state index in [9.17, 15) is 8.42 Å². The second kappa shape index (κ2) is 6.66. The van der Waals surface area contributed by atoms with Gasteiger partial charge in [0.05, 0.1) is 11.9 Å². The Balaban J connectivity index is 2.05. The Morgan fingerprint density at radius 3 is 2.80 bits per heavy atom. The standard InChI is InChI=1S/C12H23N5O2S/c1-11-12(10-14-15-11)20(18,19)17-7-3-6-16(8-9-17)5-2-4-13/h10H,2-9,13H2,1H3,(H,14,15). The molecule has 0 aromatic carbocycles. The Morgan fingerprint density at radius 2 is 2.15 bits per heavy atom. The van der Waals surface area contributed by atoms with Crippen LogP contribution in [0.5, 0.6) is 0 Å². The van der Waals surface area contributed by atoms with Crippen LogP contribution in [-0.4, -0.2) is 67.1 Å². The van der Waals surface area contributed by atoms with Crippen molar-refractivity contribution >= 4 is 10.0 Å². The molecule has 0 unspecified atom stereocenters. The summed E-state index contributed by atoms with van der Waals surface area (Å²) in [5.41, 5.74) is 6.11. The molecular formula is C12H23N5O2S. The molecule has 1 fully saturated rings. The van der Waals surface area contributed by atoms with Crippen LogP contribution >= 0.6 is 0 Å². The maximum Gasteiger partial charge on any atom is 0.246 e. The first-order valence-corrected chi connectivity index (χ1v) is 8.42. The van der Waals surface area contributed by atoms with Gasteiger partial charge in [0.25, 0.3) is 0 Å². The topological polar surface area (TPSA) is 95.3 Å². The number of H-pyrrole nitrogens is 1. The van der Waals surface area contributed by atoms with Crippen LogP contribution in [0.1, 0.15) is 18.5 Å². The second-order valence-electron chi connectivity index (χ2n) is 5.10. The summed E-state index contributed by atoms with van der Waals surface area (Å²) in [4.78, 5) is 2.57. The Labute approximate surface area is 120 Å². The molecule has 1 saturated heterocycles. The second-order valence-corrected chi connectivity index (χ2v) is 7.01. The third kappa shape index (κ3) is 3.38. The zero-order valence-corrected chi connectivity index (χ0v) is 12.7. The maximum atomic E-state index is 12.6. The van der Waals surface area contributed by atoms with Gasteiger partial charge in [-0.25, -0.2) is 8.42 Å². The molecule has 8 heteroatoms. The minimum Gasteiger partial charge on any atom is -0.330 e. The largest absolute Gasteiger partial charge is 0.330 e. The van der Waals surface area contributed by atoms with Gasteiger partial charge < -0.3 is 10.6 Å². The van der Waals surface area contributed by atoms with Crippen molar-refractivity contribution in [3.63, 3.8) is 0 Å². The van der Waals surface area contributed by atoms with E-state index in [0.29, 0.717) is 25.3 Å². The van der Waals surface area contributed by atoms with Gasteiger partial charge >= 0.3 is 0 Å². The van der Waals surface area contributed by atoms with Crippen LogP contribution in [0, 0.1) is 6.92 Å². The first-order chi connectivity index (χ1) is 9.55. The summed E-state index contributed by atoms with van der Waals surface area (Å²) in [6.07, 6.45) is 3.19. The number of nitrogens with two attached hydrogens (primary N) is 1. The summed E-state index contributed by atoms with van der Waals surface area (Å²) in [7, 11) is -3.43. The number of sulfonamides is 1. The summed E-state index contributed by atoms with van der Waals surface area (Å²) >= 11 is 0. The highest BCUT2D eigenvalue weighted by molar-refractivity contribution is 7.89. The van der Waals surface area contributed by atoms with E-state index < -0.39 is 10.0 Å². The fourth-order valence-corrected chi connectivity index (χ4v) is 4.05. The summed E-state index contributed by atoms with van der Waals surface area (Å²) in [5, 5.41) is 6.49. The van der Waals surface area contributed by atoms with Gasteiger partial charge in [0, 0.05) is 19.6 Å². The molecule has 0 saturated carbocycles. The van der Waals surface area contributed by atoms with E-state index in [1.807, 2.05) is 0 Å². The molecule has 0 spiro atoms. The molecule has 1 aliphatic rings. The lowest BCUT2D eigenvalue weighted by Crippen LogP contribution is -2.35. The number of hydrogen-bond acceptors (Lipinski definition) is 5. The number of hydrogen-bond donors (Lipinski definition) is 2. The molecule has 20 heavy (non-hydrogen) atoms. The third-order valence-electron chi connectivity index (χ3n) is 3.63. The summed E-state index contributed by atoms with van der Waals surface area (Å²) < 4.78 is 26.7. The van der Waals surface area contributed by atoms with Gasteiger partial charge in [0.15, 0.2) is 0 Å². The van der Waals surface area contributed by atoms with E-state index in [-0.39, 0.29) is 4.90 Å². The summed E-state index contributed by atoms with van der Waals surface area (Å²) in [6, 6.07) is 0. The first kappa shape index (κ1) is 15.4. The molecule has 7 nitrogen and oxygen atoms in total. The van der Waals surface area contributed by atoms with Gasteiger partial charge in [-0.3, -0.25) is 5.10 Å². The van der Waals surface area contributed by atoms with Crippen LogP contribution in [-0.2, 0) is 10.0 Å². The molecule has 1 aliphatic heterocycles. The number of aromatic amines is 1. The smallest absolute Gasteiger partial charge is 0.246 e. The Kier molecular flexibility index (Phi) is 5.14. The zero-order valence-electron chi connectivity index (χ0n) is 11.9. The molecule has 0 bridgehead atoms. The van der Waals surface area contributed by atoms with Gasteiger partial charge in [0.2, 0.25) is 10.0 Å². The Morgan fingerprint density at radius 1 is 1.35 bits per heavy atom. The molecule has 0 radical (unpaired) electrons. The highest BCUT2D eigenvalue weighted by Crippen LogP contribution is 2.19. The Hall–Kier alpha value is -0.960. The van der Waals surface area contributed by atoms with Gasteiger partial charge in [-0.2, -0.15) is 9.40 Å². The van der Waals surface area contributed by atoms with Crippen molar-refractivity contribution in [1.29, 1.82) is 0 Å². The fourth-order valence-electron chi connectivity index (χ4n) is 2.46. The van der Waals surface area contributed by atoms with Crippen LogP contribution in [0.25, 0.3) is 0 Å². The van der Waals surface area contributed by atoms with E-state index in [0.717, 1.165) is 32.5 Å². The Bertz CT molecular complexity index is 528. The first-order valence-electron chi connectivity index (χ1n) is 6.98. The van der Waals surface area contributed by atoms with Crippen molar-refractivity contribution in [2.45, 2.75) is 24.7 Å². The maximum absolute atomic E-state index is 12.6. The molecule has 3 N–H and O–H groups in total. The van der Waals surface area contributed by atoms with Crippen molar-refractivity contribution in [2.24, 2.45) is 5.73 Å². The lowest BCUT2D eigenvalue weighted by atomic mass is 10.3. The van der Waals surface area contributed by atoms with Crippen LogP contribution in [0.2, 0.25) is 0 Å². The average Bonchev–Trinajstić information content (AvgIpc) is 2.72. The predicted molar refractivity (Wildman–Crippen MR) is 76.8 cm³/mol. The van der Waals surface area contributed by atoms with Crippen molar-refractivity contribution < 1.29 is 8.42 Å². The van der Waals surface area contributed by atoms with E-state index in [1.165, 1.54) is 6.20 Å². The van der Waals surface area contributed by atoms with Crippen molar-refractivity contribution in [1.82, 2.24) is 19.4 Å². The molecule has 2 rings (SSSR count). The monoisotopic (exact) mass is 301 g/mol. The van der Waals surface area contributed by atoms with E-state index >= 15 is 0 Å². The van der Waals surface area contributed by atoms with Crippen molar-refractivity contribution in [3.05, 3.63) is 11.9 Å².